The van der Waals surface area contributed by atoms with E-state index in [9.17, 15) is 0 Å². The van der Waals surface area contributed by atoms with Crippen LogP contribution in [0.5, 0.6) is 0 Å². The van der Waals surface area contributed by atoms with E-state index < -0.39 is 0 Å². The zero-order chi connectivity index (χ0) is 13.2. The van der Waals surface area contributed by atoms with Gasteiger partial charge >= 0.3 is 0 Å². The predicted octanol–water partition coefficient (Wildman–Crippen LogP) is 3.02. The fourth-order valence-corrected chi connectivity index (χ4v) is 4.93. The quantitative estimate of drug-likeness (QED) is 0.908. The van der Waals surface area contributed by atoms with E-state index in [2.05, 4.69) is 44.5 Å². The van der Waals surface area contributed by atoms with Crippen LogP contribution in [-0.4, -0.2) is 43.3 Å². The Kier molecular flexibility index (Phi) is 4.59. The SMILES string of the molecule is CCNC(c1sccc1Br)C1CN2CCCC2CO1. The lowest BCUT2D eigenvalue weighted by molar-refractivity contribution is -0.0646. The molecule has 0 aromatic carbocycles. The summed E-state index contributed by atoms with van der Waals surface area (Å²) in [6.07, 6.45) is 2.90. The van der Waals surface area contributed by atoms with Gasteiger partial charge in [-0.1, -0.05) is 6.92 Å². The number of fused-ring (bicyclic) bond motifs is 1. The molecule has 0 bridgehead atoms. The number of nitrogens with one attached hydrogen (secondary N) is 1. The van der Waals surface area contributed by atoms with Crippen LogP contribution >= 0.6 is 27.3 Å². The maximum Gasteiger partial charge on any atom is 0.0905 e. The second-order valence-electron chi connectivity index (χ2n) is 5.33. The fraction of sp³-hybridized carbons (Fsp3) is 0.714. The standard InChI is InChI=1S/C14H21BrN2OS/c1-2-16-13(14-11(15)5-7-19-14)12-8-17-6-3-4-10(17)9-18-12/h5,7,10,12-13,16H,2-4,6,8-9H2,1H3. The van der Waals surface area contributed by atoms with Gasteiger partial charge in [-0.15, -0.1) is 11.3 Å². The molecule has 19 heavy (non-hydrogen) atoms. The lowest BCUT2D eigenvalue weighted by Gasteiger charge is -2.39. The molecular weight excluding hydrogens is 324 g/mol. The van der Waals surface area contributed by atoms with Crippen molar-refractivity contribution in [2.45, 2.75) is 38.0 Å². The molecule has 3 unspecified atom stereocenters. The minimum absolute atomic E-state index is 0.268. The third-order valence-electron chi connectivity index (χ3n) is 4.14. The Morgan fingerprint density at radius 3 is 3.26 bits per heavy atom. The maximum atomic E-state index is 6.17. The summed E-state index contributed by atoms with van der Waals surface area (Å²) >= 11 is 5.47. The van der Waals surface area contributed by atoms with Gasteiger partial charge in [0.05, 0.1) is 18.8 Å². The van der Waals surface area contributed by atoms with Crippen LogP contribution in [0.15, 0.2) is 15.9 Å². The van der Waals surface area contributed by atoms with E-state index in [1.165, 1.54) is 28.7 Å². The highest BCUT2D eigenvalue weighted by molar-refractivity contribution is 9.10. The van der Waals surface area contributed by atoms with Gasteiger partial charge < -0.3 is 10.1 Å². The van der Waals surface area contributed by atoms with E-state index in [1.807, 2.05) is 11.3 Å². The Hall–Kier alpha value is 0.0600. The summed E-state index contributed by atoms with van der Waals surface area (Å²) in [7, 11) is 0. The summed E-state index contributed by atoms with van der Waals surface area (Å²) in [5, 5.41) is 5.75. The summed E-state index contributed by atoms with van der Waals surface area (Å²) in [5.41, 5.74) is 0. The molecule has 0 saturated carbocycles. The van der Waals surface area contributed by atoms with Crippen molar-refractivity contribution in [2.75, 3.05) is 26.2 Å². The third kappa shape index (κ3) is 2.90. The van der Waals surface area contributed by atoms with Crippen LogP contribution in [0.4, 0.5) is 0 Å². The molecule has 0 spiro atoms. The Bertz CT molecular complexity index is 425. The molecule has 3 heterocycles. The van der Waals surface area contributed by atoms with Gasteiger partial charge in [0.1, 0.15) is 0 Å². The van der Waals surface area contributed by atoms with Crippen LogP contribution in [0.2, 0.25) is 0 Å². The molecule has 2 saturated heterocycles. The molecular formula is C14H21BrN2OS. The highest BCUT2D eigenvalue weighted by atomic mass is 79.9. The highest BCUT2D eigenvalue weighted by Gasteiger charge is 2.36. The molecule has 2 aliphatic rings. The molecule has 2 aliphatic heterocycles. The van der Waals surface area contributed by atoms with Crippen LogP contribution in [0.3, 0.4) is 0 Å². The molecule has 1 aromatic heterocycles. The van der Waals surface area contributed by atoms with Gasteiger partial charge in [0.2, 0.25) is 0 Å². The highest BCUT2D eigenvalue weighted by Crippen LogP contribution is 2.34. The van der Waals surface area contributed by atoms with Gasteiger partial charge in [-0.05, 0) is 53.3 Å². The van der Waals surface area contributed by atoms with Crippen LogP contribution in [0, 0.1) is 0 Å². The topological polar surface area (TPSA) is 24.5 Å². The van der Waals surface area contributed by atoms with Crippen molar-refractivity contribution in [3.63, 3.8) is 0 Å². The Balaban J connectivity index is 1.75. The number of morpholine rings is 1. The smallest absolute Gasteiger partial charge is 0.0905 e. The zero-order valence-corrected chi connectivity index (χ0v) is 13.7. The second-order valence-corrected chi connectivity index (χ2v) is 7.13. The molecule has 3 nitrogen and oxygen atoms in total. The number of halogens is 1. The summed E-state index contributed by atoms with van der Waals surface area (Å²) in [6, 6.07) is 3.11. The molecule has 2 fully saturated rings. The third-order valence-corrected chi connectivity index (χ3v) is 6.09. The molecule has 5 heteroatoms. The molecule has 0 amide bonds. The van der Waals surface area contributed by atoms with Gasteiger partial charge in [0.25, 0.3) is 0 Å². The summed E-state index contributed by atoms with van der Waals surface area (Å²) in [5.74, 6) is 0. The molecule has 1 aromatic rings. The Labute approximate surface area is 127 Å². The van der Waals surface area contributed by atoms with E-state index in [4.69, 9.17) is 4.74 Å². The monoisotopic (exact) mass is 344 g/mol. The van der Waals surface area contributed by atoms with Crippen molar-refractivity contribution < 1.29 is 4.74 Å². The number of hydrogen-bond acceptors (Lipinski definition) is 4. The average molecular weight is 345 g/mol. The van der Waals surface area contributed by atoms with Crippen LogP contribution in [0.25, 0.3) is 0 Å². The number of thiophene rings is 1. The van der Waals surface area contributed by atoms with Crippen molar-refractivity contribution in [3.8, 4) is 0 Å². The van der Waals surface area contributed by atoms with Crippen molar-refractivity contribution in [3.05, 3.63) is 20.8 Å². The average Bonchev–Trinajstić information content (AvgIpc) is 3.03. The zero-order valence-electron chi connectivity index (χ0n) is 11.3. The largest absolute Gasteiger partial charge is 0.373 e. The van der Waals surface area contributed by atoms with Gasteiger partial charge in [-0.2, -0.15) is 0 Å². The van der Waals surface area contributed by atoms with E-state index >= 15 is 0 Å². The van der Waals surface area contributed by atoms with Crippen LogP contribution in [0.1, 0.15) is 30.7 Å². The van der Waals surface area contributed by atoms with E-state index in [0.29, 0.717) is 12.1 Å². The van der Waals surface area contributed by atoms with Crippen molar-refractivity contribution in [1.82, 2.24) is 10.2 Å². The summed E-state index contributed by atoms with van der Waals surface area (Å²) in [6.45, 7) is 6.34. The molecule has 0 radical (unpaired) electrons. The van der Waals surface area contributed by atoms with Gasteiger partial charge in [0.15, 0.2) is 0 Å². The van der Waals surface area contributed by atoms with Crippen molar-refractivity contribution in [2.24, 2.45) is 0 Å². The molecule has 3 rings (SSSR count). The number of nitrogens with zero attached hydrogens (tertiary/aromatic N) is 1. The Morgan fingerprint density at radius 1 is 1.63 bits per heavy atom. The van der Waals surface area contributed by atoms with Gasteiger partial charge in [-0.25, -0.2) is 0 Å². The van der Waals surface area contributed by atoms with Crippen LogP contribution < -0.4 is 5.32 Å². The molecule has 106 valence electrons. The minimum Gasteiger partial charge on any atom is -0.373 e. The number of rotatable bonds is 4. The number of ether oxygens (including phenoxy) is 1. The van der Waals surface area contributed by atoms with Crippen LogP contribution in [-0.2, 0) is 4.74 Å². The predicted molar refractivity (Wildman–Crippen MR) is 82.8 cm³/mol. The lowest BCUT2D eigenvalue weighted by atomic mass is 10.1. The first-order valence-electron chi connectivity index (χ1n) is 7.11. The molecule has 3 atom stereocenters. The summed E-state index contributed by atoms with van der Waals surface area (Å²) < 4.78 is 7.37. The van der Waals surface area contributed by atoms with Gasteiger partial charge in [-0.3, -0.25) is 4.90 Å². The first kappa shape index (κ1) is 14.0. The number of likely N-dealkylation sites (N-methyl/N-ethyl adjacent to an activating group) is 1. The first-order chi connectivity index (χ1) is 9.29. The van der Waals surface area contributed by atoms with E-state index in [0.717, 1.165) is 19.7 Å². The van der Waals surface area contributed by atoms with Crippen molar-refractivity contribution >= 4 is 27.3 Å². The normalized spacial score (nSPS) is 29.4. The number of hydrogen-bond donors (Lipinski definition) is 1. The fourth-order valence-electron chi connectivity index (χ4n) is 3.18. The lowest BCUT2D eigenvalue weighted by Crippen LogP contribution is -2.50. The van der Waals surface area contributed by atoms with E-state index in [1.54, 1.807) is 0 Å². The molecule has 0 aliphatic carbocycles. The second kappa shape index (κ2) is 6.22. The minimum atomic E-state index is 0.268. The maximum absolute atomic E-state index is 6.17. The first-order valence-corrected chi connectivity index (χ1v) is 8.78. The van der Waals surface area contributed by atoms with Gasteiger partial charge in [0, 0.05) is 21.9 Å². The summed E-state index contributed by atoms with van der Waals surface area (Å²) in [4.78, 5) is 3.98. The van der Waals surface area contributed by atoms with E-state index in [-0.39, 0.29) is 6.10 Å². The Morgan fingerprint density at radius 2 is 2.53 bits per heavy atom. The molecule has 1 N–H and O–H groups in total. The van der Waals surface area contributed by atoms with Crippen molar-refractivity contribution in [1.29, 1.82) is 0 Å².